The van der Waals surface area contributed by atoms with E-state index in [1.54, 1.807) is 24.3 Å². The van der Waals surface area contributed by atoms with Crippen LogP contribution in [0.1, 0.15) is 48.9 Å². The second kappa shape index (κ2) is 13.3. The molecular formula is C31H32F3N5O3S. The number of halogens is 3. The largest absolute Gasteiger partial charge is 0.416 e. The number of amides is 5. The molecule has 0 aliphatic carbocycles. The molecule has 3 N–H and O–H groups in total. The molecule has 1 atom stereocenters. The van der Waals surface area contributed by atoms with Gasteiger partial charge >= 0.3 is 18.2 Å². The van der Waals surface area contributed by atoms with Crippen LogP contribution < -0.4 is 20.9 Å². The molecule has 43 heavy (non-hydrogen) atoms. The number of amidine groups is 1. The summed E-state index contributed by atoms with van der Waals surface area (Å²) in [6, 6.07) is 15.6. The molecule has 1 heterocycles. The van der Waals surface area contributed by atoms with Crippen molar-refractivity contribution >= 4 is 52.0 Å². The van der Waals surface area contributed by atoms with Crippen molar-refractivity contribution in [2.75, 3.05) is 21.3 Å². The van der Waals surface area contributed by atoms with Crippen molar-refractivity contribution < 1.29 is 27.6 Å². The summed E-state index contributed by atoms with van der Waals surface area (Å²) in [5, 5.41) is 8.31. The van der Waals surface area contributed by atoms with Crippen LogP contribution in [0.4, 0.5) is 39.8 Å². The average Bonchev–Trinajstić information content (AvgIpc) is 3.28. The van der Waals surface area contributed by atoms with Gasteiger partial charge in [-0.05, 0) is 85.3 Å². The first-order valence-corrected chi connectivity index (χ1v) is 14.6. The van der Waals surface area contributed by atoms with Crippen molar-refractivity contribution in [3.63, 3.8) is 0 Å². The molecule has 5 amide bonds. The van der Waals surface area contributed by atoms with Crippen molar-refractivity contribution in [1.29, 1.82) is 0 Å². The predicted octanol–water partition coefficient (Wildman–Crippen LogP) is 7.56. The Hall–Kier alpha value is -4.32. The number of carbonyl (C=O) groups excluding carboxylic acids is 3. The van der Waals surface area contributed by atoms with E-state index in [1.807, 2.05) is 45.9 Å². The van der Waals surface area contributed by atoms with Crippen LogP contribution in [0, 0.1) is 6.92 Å². The van der Waals surface area contributed by atoms with E-state index in [0.29, 0.717) is 17.3 Å². The van der Waals surface area contributed by atoms with E-state index in [0.717, 1.165) is 34.5 Å². The van der Waals surface area contributed by atoms with Crippen LogP contribution in [0.3, 0.4) is 0 Å². The number of anilines is 3. The first-order valence-electron chi connectivity index (χ1n) is 13.6. The van der Waals surface area contributed by atoms with Gasteiger partial charge < -0.3 is 16.0 Å². The van der Waals surface area contributed by atoms with E-state index in [1.165, 1.54) is 28.8 Å². The van der Waals surface area contributed by atoms with Gasteiger partial charge in [-0.15, -0.1) is 0 Å². The van der Waals surface area contributed by atoms with Gasteiger partial charge in [-0.1, -0.05) is 49.9 Å². The lowest BCUT2D eigenvalue weighted by Crippen LogP contribution is -2.35. The van der Waals surface area contributed by atoms with Crippen molar-refractivity contribution in [1.82, 2.24) is 5.32 Å². The SMILES string of the molecule is Cc1ccc(C(C)C)c(N2C(=O)CS/C2=N\C(=O)NC(C)Cc2ccc(NC(=O)Nc3ccc(C(F)(F)F)cc3)cc2)c1. The van der Waals surface area contributed by atoms with Crippen molar-refractivity contribution in [3.05, 3.63) is 89.0 Å². The summed E-state index contributed by atoms with van der Waals surface area (Å²) in [5.74, 6) is 0.258. The fraction of sp³-hybridized carbons (Fsp3) is 0.290. The van der Waals surface area contributed by atoms with Gasteiger partial charge in [0.1, 0.15) is 0 Å². The summed E-state index contributed by atoms with van der Waals surface area (Å²) in [4.78, 5) is 43.6. The lowest BCUT2D eigenvalue weighted by Gasteiger charge is -2.22. The maximum Gasteiger partial charge on any atom is 0.416 e. The standard InChI is InChI=1S/C31H32F3N5O3S/c1-18(2)25-14-5-19(3)15-26(25)39-27(40)17-43-30(39)38-28(41)35-20(4)16-21-6-10-23(11-7-21)36-29(42)37-24-12-8-22(9-13-24)31(32,33)34/h5-15,18,20H,16-17H2,1-4H3,(H,35,41)(H2,36,37,42)/b38-30-. The number of alkyl halides is 3. The molecule has 1 saturated heterocycles. The Balaban J connectivity index is 1.32. The minimum Gasteiger partial charge on any atom is -0.333 e. The second-order valence-electron chi connectivity index (χ2n) is 10.5. The average molecular weight is 612 g/mol. The zero-order valence-corrected chi connectivity index (χ0v) is 24.9. The molecule has 0 saturated carbocycles. The van der Waals surface area contributed by atoms with Crippen LogP contribution in [0.25, 0.3) is 0 Å². The highest BCUT2D eigenvalue weighted by atomic mass is 32.2. The highest BCUT2D eigenvalue weighted by Crippen LogP contribution is 2.34. The fourth-order valence-corrected chi connectivity index (χ4v) is 5.37. The van der Waals surface area contributed by atoms with E-state index in [4.69, 9.17) is 0 Å². The van der Waals surface area contributed by atoms with Gasteiger partial charge in [0.15, 0.2) is 5.17 Å². The highest BCUT2D eigenvalue weighted by Gasteiger charge is 2.33. The first-order chi connectivity index (χ1) is 20.3. The summed E-state index contributed by atoms with van der Waals surface area (Å²) in [5.41, 5.74) is 3.53. The van der Waals surface area contributed by atoms with Crippen molar-refractivity contribution in [3.8, 4) is 0 Å². The molecule has 4 rings (SSSR count). The third kappa shape index (κ3) is 8.38. The Kier molecular flexibility index (Phi) is 9.80. The molecule has 12 heteroatoms. The van der Waals surface area contributed by atoms with E-state index in [9.17, 15) is 27.6 Å². The van der Waals surface area contributed by atoms with Crippen molar-refractivity contribution in [2.45, 2.75) is 52.3 Å². The Morgan fingerprint density at radius 3 is 2.14 bits per heavy atom. The predicted molar refractivity (Wildman–Crippen MR) is 165 cm³/mol. The summed E-state index contributed by atoms with van der Waals surface area (Å²) in [6.45, 7) is 7.89. The second-order valence-corrected chi connectivity index (χ2v) is 11.5. The molecule has 8 nitrogen and oxygen atoms in total. The Labute approximate surface area is 252 Å². The number of urea groups is 2. The van der Waals surface area contributed by atoms with Gasteiger partial charge in [0.05, 0.1) is 17.0 Å². The number of hydrogen-bond donors (Lipinski definition) is 3. The van der Waals surface area contributed by atoms with Crippen LogP contribution in [-0.2, 0) is 17.4 Å². The molecule has 1 aliphatic rings. The van der Waals surface area contributed by atoms with E-state index in [2.05, 4.69) is 20.9 Å². The van der Waals surface area contributed by atoms with Crippen LogP contribution in [-0.4, -0.2) is 34.9 Å². The van der Waals surface area contributed by atoms with E-state index in [-0.39, 0.29) is 29.3 Å². The number of nitrogens with zero attached hydrogens (tertiary/aromatic N) is 2. The molecule has 1 aliphatic heterocycles. The van der Waals surface area contributed by atoms with Gasteiger partial charge in [-0.25, -0.2) is 9.59 Å². The number of aliphatic imine (C=N–C) groups is 1. The molecule has 226 valence electrons. The molecule has 3 aromatic rings. The third-order valence-electron chi connectivity index (χ3n) is 6.61. The summed E-state index contributed by atoms with van der Waals surface area (Å²) < 4.78 is 38.1. The molecule has 1 fully saturated rings. The molecule has 0 aromatic heterocycles. The Morgan fingerprint density at radius 1 is 0.953 bits per heavy atom. The van der Waals surface area contributed by atoms with E-state index < -0.39 is 23.8 Å². The van der Waals surface area contributed by atoms with Crippen LogP contribution >= 0.6 is 11.8 Å². The number of thioether (sulfide) groups is 1. The topological polar surface area (TPSA) is 103 Å². The maximum absolute atomic E-state index is 12.8. The molecule has 0 spiro atoms. The highest BCUT2D eigenvalue weighted by molar-refractivity contribution is 8.15. The number of aryl methyl sites for hydroxylation is 1. The number of hydrogen-bond acceptors (Lipinski definition) is 4. The lowest BCUT2D eigenvalue weighted by molar-refractivity contribution is -0.137. The maximum atomic E-state index is 12.8. The quantitative estimate of drug-likeness (QED) is 0.257. The molecule has 0 radical (unpaired) electrons. The lowest BCUT2D eigenvalue weighted by atomic mass is 9.99. The van der Waals surface area contributed by atoms with Gasteiger partial charge in [0, 0.05) is 17.4 Å². The Morgan fingerprint density at radius 2 is 1.56 bits per heavy atom. The normalized spacial score (nSPS) is 15.1. The summed E-state index contributed by atoms with van der Waals surface area (Å²) >= 11 is 1.23. The number of nitrogens with one attached hydrogen (secondary N) is 3. The first kappa shape index (κ1) is 31.6. The van der Waals surface area contributed by atoms with Gasteiger partial charge in [0.25, 0.3) is 0 Å². The molecule has 3 aromatic carbocycles. The van der Waals surface area contributed by atoms with Gasteiger partial charge in [0.2, 0.25) is 5.91 Å². The monoisotopic (exact) mass is 611 g/mol. The third-order valence-corrected chi connectivity index (χ3v) is 7.53. The Bertz CT molecular complexity index is 1520. The zero-order chi connectivity index (χ0) is 31.3. The molecular weight excluding hydrogens is 579 g/mol. The molecule has 0 bridgehead atoms. The van der Waals surface area contributed by atoms with Crippen LogP contribution in [0.5, 0.6) is 0 Å². The zero-order valence-electron chi connectivity index (χ0n) is 24.1. The number of benzene rings is 3. The minimum absolute atomic E-state index is 0.126. The minimum atomic E-state index is -4.45. The van der Waals surface area contributed by atoms with Gasteiger partial charge in [-0.2, -0.15) is 18.2 Å². The van der Waals surface area contributed by atoms with E-state index >= 15 is 0 Å². The van der Waals surface area contributed by atoms with Gasteiger partial charge in [-0.3, -0.25) is 9.69 Å². The summed E-state index contributed by atoms with van der Waals surface area (Å²) in [6.07, 6.45) is -3.97. The molecule has 1 unspecified atom stereocenters. The van der Waals surface area contributed by atoms with Crippen LogP contribution in [0.2, 0.25) is 0 Å². The number of rotatable bonds is 7. The van der Waals surface area contributed by atoms with Crippen LogP contribution in [0.15, 0.2) is 71.7 Å². The van der Waals surface area contributed by atoms with Crippen molar-refractivity contribution in [2.24, 2.45) is 4.99 Å². The summed E-state index contributed by atoms with van der Waals surface area (Å²) in [7, 11) is 0. The smallest absolute Gasteiger partial charge is 0.333 e. The fourth-order valence-electron chi connectivity index (χ4n) is 4.51. The number of carbonyl (C=O) groups is 3.